The second-order valence-electron chi connectivity index (χ2n) is 20.5. The van der Waals surface area contributed by atoms with Gasteiger partial charge in [-0.3, -0.25) is 0 Å². The largest absolute Gasteiger partial charge is 0.334 e. The first-order chi connectivity index (χ1) is 29.0. The van der Waals surface area contributed by atoms with Crippen molar-refractivity contribution in [2.24, 2.45) is 10.8 Å². The second kappa shape index (κ2) is 12.5. The van der Waals surface area contributed by atoms with Crippen molar-refractivity contribution in [1.82, 2.24) is 0 Å². The van der Waals surface area contributed by atoms with Crippen LogP contribution in [0.1, 0.15) is 103 Å². The smallest absolute Gasteiger partial charge is 0.0543 e. The van der Waals surface area contributed by atoms with Crippen LogP contribution >= 0.6 is 0 Å². The van der Waals surface area contributed by atoms with Gasteiger partial charge >= 0.3 is 0 Å². The molecule has 0 radical (unpaired) electrons. The van der Waals surface area contributed by atoms with Crippen molar-refractivity contribution < 1.29 is 0 Å². The molecule has 0 N–H and O–H groups in total. The van der Waals surface area contributed by atoms with Gasteiger partial charge in [0.15, 0.2) is 0 Å². The van der Waals surface area contributed by atoms with E-state index >= 15 is 0 Å². The number of hydrogen-bond acceptors (Lipinski definition) is 2. The Morgan fingerprint density at radius 1 is 0.433 bits per heavy atom. The van der Waals surface area contributed by atoms with Gasteiger partial charge in [0, 0.05) is 34.6 Å². The summed E-state index contributed by atoms with van der Waals surface area (Å²) < 4.78 is 0. The Morgan fingerprint density at radius 3 is 1.25 bits per heavy atom. The lowest BCUT2D eigenvalue weighted by Crippen LogP contribution is -2.56. The highest BCUT2D eigenvalue weighted by atomic mass is 15.3. The minimum atomic E-state index is -0.00414. The van der Waals surface area contributed by atoms with E-state index in [0.29, 0.717) is 11.8 Å². The van der Waals surface area contributed by atoms with E-state index in [9.17, 15) is 0 Å². The zero-order valence-electron chi connectivity index (χ0n) is 36.1. The lowest BCUT2D eigenvalue weighted by Gasteiger charge is -2.55. The fraction of sp³-hybridized carbons (Fsp3) is 0.310. The monoisotopic (exact) mass is 780 g/mol. The first-order valence-corrected chi connectivity index (χ1v) is 22.7. The molecule has 0 aromatic heterocycles. The molecule has 2 nitrogen and oxygen atoms in total. The summed E-state index contributed by atoms with van der Waals surface area (Å²) in [6.45, 7) is 15.1. The lowest BCUT2D eigenvalue weighted by molar-refractivity contribution is 0.101. The van der Waals surface area contributed by atoms with Crippen molar-refractivity contribution in [3.63, 3.8) is 0 Å². The van der Waals surface area contributed by atoms with Gasteiger partial charge in [-0.1, -0.05) is 138 Å². The maximum absolute atomic E-state index is 2.70. The minimum absolute atomic E-state index is 0.00414. The molecule has 0 bridgehead atoms. The van der Waals surface area contributed by atoms with E-state index in [2.05, 4.69) is 197 Å². The first kappa shape index (κ1) is 36.3. The van der Waals surface area contributed by atoms with Crippen molar-refractivity contribution in [3.05, 3.63) is 157 Å². The van der Waals surface area contributed by atoms with Crippen LogP contribution in [0.4, 0.5) is 22.7 Å². The second-order valence-corrected chi connectivity index (χ2v) is 20.5. The predicted molar refractivity (Wildman–Crippen MR) is 256 cm³/mol. The molecule has 8 aromatic carbocycles. The third-order valence-electron chi connectivity index (χ3n) is 17.2. The van der Waals surface area contributed by atoms with E-state index in [4.69, 9.17) is 0 Å². The number of anilines is 4. The Morgan fingerprint density at radius 2 is 0.833 bits per heavy atom. The van der Waals surface area contributed by atoms with Gasteiger partial charge in [0.2, 0.25) is 0 Å². The van der Waals surface area contributed by atoms with Gasteiger partial charge < -0.3 is 9.80 Å². The predicted octanol–water partition coefficient (Wildman–Crippen LogP) is 16.3. The van der Waals surface area contributed by atoms with Crippen molar-refractivity contribution in [2.45, 2.75) is 103 Å². The summed E-state index contributed by atoms with van der Waals surface area (Å²) in [5.74, 6) is 0.951. The van der Waals surface area contributed by atoms with Crippen molar-refractivity contribution >= 4 is 55.1 Å². The molecule has 8 aromatic rings. The maximum Gasteiger partial charge on any atom is 0.0543 e. The third kappa shape index (κ3) is 4.66. The normalized spacial score (nSPS) is 25.1. The van der Waals surface area contributed by atoms with Gasteiger partial charge in [-0.05, 0) is 165 Å². The number of para-hydroxylation sites is 2. The van der Waals surface area contributed by atoms with Crippen LogP contribution in [0, 0.1) is 10.8 Å². The van der Waals surface area contributed by atoms with Crippen LogP contribution < -0.4 is 9.80 Å². The minimum Gasteiger partial charge on any atom is -0.334 e. The van der Waals surface area contributed by atoms with E-state index < -0.39 is 0 Å². The van der Waals surface area contributed by atoms with Gasteiger partial charge in [-0.2, -0.15) is 0 Å². The Kier molecular flexibility index (Phi) is 7.54. The summed E-state index contributed by atoms with van der Waals surface area (Å²) in [5.41, 5.74) is 14.0. The van der Waals surface area contributed by atoms with E-state index in [1.807, 2.05) is 0 Å². The molecule has 0 amide bonds. The zero-order chi connectivity index (χ0) is 40.8. The molecule has 0 spiro atoms. The first-order valence-electron chi connectivity index (χ1n) is 22.7. The summed E-state index contributed by atoms with van der Waals surface area (Å²) >= 11 is 0. The molecular weight excluding hydrogens is 725 g/mol. The highest BCUT2D eigenvalue weighted by Gasteiger charge is 2.59. The summed E-state index contributed by atoms with van der Waals surface area (Å²) in [5, 5.41) is 8.10. The number of hydrogen-bond donors (Lipinski definition) is 0. The molecule has 0 saturated heterocycles. The highest BCUT2D eigenvalue weighted by Crippen LogP contribution is 2.65. The summed E-state index contributed by atoms with van der Waals surface area (Å²) in [6.07, 6.45) is 7.49. The molecule has 4 unspecified atom stereocenters. The van der Waals surface area contributed by atoms with Gasteiger partial charge in [-0.25, -0.2) is 0 Å². The zero-order valence-corrected chi connectivity index (χ0v) is 36.1. The molecule has 2 fully saturated rings. The summed E-state index contributed by atoms with van der Waals surface area (Å²) in [6, 6.07) is 56.2. The summed E-state index contributed by atoms with van der Waals surface area (Å²) in [4.78, 5) is 5.41. The van der Waals surface area contributed by atoms with E-state index in [0.717, 1.165) is 0 Å². The molecule has 2 heteroatoms. The van der Waals surface area contributed by atoms with E-state index in [-0.39, 0.29) is 21.9 Å². The number of benzene rings is 8. The van der Waals surface area contributed by atoms with Crippen LogP contribution in [0.2, 0.25) is 0 Å². The number of fused-ring (bicyclic) bond motifs is 6. The van der Waals surface area contributed by atoms with Crippen LogP contribution in [0.5, 0.6) is 0 Å². The lowest BCUT2D eigenvalue weighted by atomic mass is 9.58. The SMILES string of the molecule is CC1(C)CCCC2c3cc(-c4ccc5ccc6c(-c7ccc8c(c7)C7CCCC(C)(C)C7(C)N8c7ccccc7)ccc7ccc4c5c76)ccc3N(c3ccccc3)C21C. The molecule has 2 aliphatic carbocycles. The highest BCUT2D eigenvalue weighted by molar-refractivity contribution is 6.27. The molecule has 4 aliphatic rings. The molecule has 4 atom stereocenters. The van der Waals surface area contributed by atoms with Crippen LogP contribution in [-0.2, 0) is 0 Å². The Labute approximate surface area is 356 Å². The van der Waals surface area contributed by atoms with Crippen LogP contribution in [0.15, 0.2) is 146 Å². The maximum atomic E-state index is 2.70. The van der Waals surface area contributed by atoms with Crippen molar-refractivity contribution in [3.8, 4) is 22.3 Å². The molecule has 12 rings (SSSR count). The average Bonchev–Trinajstić information content (AvgIpc) is 3.69. The van der Waals surface area contributed by atoms with Gasteiger partial charge in [0.1, 0.15) is 0 Å². The molecule has 2 heterocycles. The van der Waals surface area contributed by atoms with Crippen LogP contribution in [0.25, 0.3) is 54.6 Å². The Bertz CT molecular complexity index is 2790. The van der Waals surface area contributed by atoms with Gasteiger partial charge in [0.25, 0.3) is 0 Å². The van der Waals surface area contributed by atoms with Crippen LogP contribution in [-0.4, -0.2) is 11.1 Å². The van der Waals surface area contributed by atoms with Gasteiger partial charge in [0.05, 0.1) is 11.1 Å². The molecular formula is C58H56N2. The van der Waals surface area contributed by atoms with Crippen molar-refractivity contribution in [1.29, 1.82) is 0 Å². The molecule has 298 valence electrons. The number of rotatable bonds is 4. The fourth-order valence-corrected chi connectivity index (χ4v) is 13.5. The topological polar surface area (TPSA) is 6.48 Å². The van der Waals surface area contributed by atoms with E-state index in [1.165, 1.54) is 127 Å². The molecule has 60 heavy (non-hydrogen) atoms. The molecule has 2 aliphatic heterocycles. The Hall–Kier alpha value is -5.60. The third-order valence-corrected chi connectivity index (χ3v) is 17.2. The summed E-state index contributed by atoms with van der Waals surface area (Å²) in [7, 11) is 0. The standard InChI is InChI=1S/C58H56N2/c1-55(2)33-13-19-49-47-35-39(25-31-51(47)59(57(49,55)5)41-15-9-7-10-16-41)43-27-21-37-24-30-46-44(28-22-38-23-29-45(43)53(37)54(38)46)40-26-32-52-48(36-40)50-20-14-34-56(3,4)58(50,6)60(52)42-17-11-8-12-18-42/h7-12,15-18,21-32,35-36,49-50H,13-14,19-20,33-34H2,1-6H3. The fourth-order valence-electron chi connectivity index (χ4n) is 13.5. The van der Waals surface area contributed by atoms with Crippen LogP contribution in [0.3, 0.4) is 0 Å². The van der Waals surface area contributed by atoms with E-state index in [1.54, 1.807) is 0 Å². The van der Waals surface area contributed by atoms with Crippen molar-refractivity contribution in [2.75, 3.05) is 9.80 Å². The average molecular weight is 781 g/mol. The van der Waals surface area contributed by atoms with Gasteiger partial charge in [-0.15, -0.1) is 0 Å². The quantitative estimate of drug-likeness (QED) is 0.164. The Balaban J connectivity index is 1.01. The molecule has 2 saturated carbocycles. The number of nitrogens with zero attached hydrogens (tertiary/aromatic N) is 2.